The molecule has 4 rings (SSSR count). The average molecular weight is 415 g/mol. The molecule has 1 fully saturated rings. The summed E-state index contributed by atoms with van der Waals surface area (Å²) in [6, 6.07) is 6.06. The number of likely N-dealkylation sites (tertiary alicyclic amines) is 1. The molecule has 9 heteroatoms. The second-order valence-corrected chi connectivity index (χ2v) is 8.49. The van der Waals surface area contributed by atoms with Crippen LogP contribution in [-0.2, 0) is 0 Å². The molecule has 0 spiro atoms. The van der Waals surface area contributed by atoms with Gasteiger partial charge in [0, 0.05) is 25.6 Å². The molecule has 0 aliphatic carbocycles. The van der Waals surface area contributed by atoms with E-state index in [1.165, 1.54) is 23.5 Å². The number of nitrogens with zero attached hydrogens (tertiary/aromatic N) is 4. The van der Waals surface area contributed by atoms with Gasteiger partial charge in [-0.1, -0.05) is 12.1 Å². The Hall–Kier alpha value is -2.65. The predicted molar refractivity (Wildman–Crippen MR) is 109 cm³/mol. The molecule has 7 nitrogen and oxygen atoms in total. The van der Waals surface area contributed by atoms with Gasteiger partial charge in [-0.25, -0.2) is 14.4 Å². The molecule has 2 aromatic heterocycles. The molecule has 1 amide bonds. The van der Waals surface area contributed by atoms with Gasteiger partial charge in [0.1, 0.15) is 10.5 Å². The minimum atomic E-state index is -0.314. The van der Waals surface area contributed by atoms with Crippen molar-refractivity contribution in [3.63, 3.8) is 0 Å². The maximum atomic E-state index is 13.5. The normalized spacial score (nSPS) is 17.7. The van der Waals surface area contributed by atoms with E-state index in [2.05, 4.69) is 20.3 Å². The van der Waals surface area contributed by atoms with Crippen LogP contribution in [0.1, 0.15) is 40.4 Å². The van der Waals surface area contributed by atoms with Gasteiger partial charge in [0.05, 0.1) is 11.0 Å². The molecule has 1 aliphatic heterocycles. The largest absolute Gasteiger partial charge is 0.396 e. The van der Waals surface area contributed by atoms with Gasteiger partial charge in [-0.2, -0.15) is 4.98 Å². The monoisotopic (exact) mass is 415 g/mol. The van der Waals surface area contributed by atoms with Gasteiger partial charge in [0.25, 0.3) is 5.91 Å². The van der Waals surface area contributed by atoms with E-state index >= 15 is 0 Å². The first-order valence-electron chi connectivity index (χ1n) is 9.52. The predicted octanol–water partition coefficient (Wildman–Crippen LogP) is 3.16. The molecular weight excluding hydrogens is 393 g/mol. The summed E-state index contributed by atoms with van der Waals surface area (Å²) in [5, 5.41) is 13.3. The number of aryl methyl sites for hydroxylation is 1. The van der Waals surface area contributed by atoms with Crippen molar-refractivity contribution >= 4 is 33.5 Å². The van der Waals surface area contributed by atoms with E-state index in [1.54, 1.807) is 11.0 Å². The van der Waals surface area contributed by atoms with Crippen LogP contribution in [0.25, 0.3) is 10.3 Å². The number of nitrogens with one attached hydrogen (secondary N) is 1. The van der Waals surface area contributed by atoms with Crippen molar-refractivity contribution in [2.75, 3.05) is 25.0 Å². The number of benzene rings is 1. The number of aromatic nitrogens is 3. The minimum Gasteiger partial charge on any atom is -0.396 e. The summed E-state index contributed by atoms with van der Waals surface area (Å²) in [7, 11) is 0. The van der Waals surface area contributed by atoms with Crippen LogP contribution in [0.4, 0.5) is 10.3 Å². The van der Waals surface area contributed by atoms with Crippen molar-refractivity contribution in [3.8, 4) is 0 Å². The number of carbonyl (C=O) groups is 1. The molecule has 3 aromatic rings. The molecule has 152 valence electrons. The van der Waals surface area contributed by atoms with Crippen molar-refractivity contribution in [1.82, 2.24) is 19.9 Å². The van der Waals surface area contributed by atoms with E-state index in [1.807, 2.05) is 19.9 Å². The summed E-state index contributed by atoms with van der Waals surface area (Å²) in [6.45, 7) is 4.92. The van der Waals surface area contributed by atoms with Crippen molar-refractivity contribution < 1.29 is 14.3 Å². The molecule has 0 saturated carbocycles. The number of amides is 1. The van der Waals surface area contributed by atoms with Gasteiger partial charge in [-0.15, -0.1) is 11.3 Å². The molecule has 2 N–H and O–H groups in total. The fourth-order valence-corrected chi connectivity index (χ4v) is 4.35. The molecular formula is C20H22FN5O2S. The minimum absolute atomic E-state index is 0.0700. The van der Waals surface area contributed by atoms with Crippen molar-refractivity contribution in [1.29, 1.82) is 0 Å². The topological polar surface area (TPSA) is 91.2 Å². The van der Waals surface area contributed by atoms with Gasteiger partial charge >= 0.3 is 0 Å². The van der Waals surface area contributed by atoms with Gasteiger partial charge in [-0.05, 0) is 38.0 Å². The quantitative estimate of drug-likeness (QED) is 0.665. The Morgan fingerprint density at radius 2 is 2.24 bits per heavy atom. The molecule has 1 aliphatic rings. The number of thiazole rings is 1. The highest BCUT2D eigenvalue weighted by Gasteiger charge is 2.29. The van der Waals surface area contributed by atoms with Crippen LogP contribution in [0, 0.1) is 18.7 Å². The average Bonchev–Trinajstić information content (AvgIpc) is 3.32. The molecule has 29 heavy (non-hydrogen) atoms. The van der Waals surface area contributed by atoms with Crippen molar-refractivity contribution in [2.45, 2.75) is 26.3 Å². The number of aliphatic hydroxyl groups is 1. The van der Waals surface area contributed by atoms with E-state index in [9.17, 15) is 14.3 Å². The Morgan fingerprint density at radius 1 is 1.41 bits per heavy atom. The zero-order valence-corrected chi connectivity index (χ0v) is 17.0. The van der Waals surface area contributed by atoms with Crippen LogP contribution in [-0.4, -0.2) is 50.6 Å². The molecule has 1 aromatic carbocycles. The van der Waals surface area contributed by atoms with Gasteiger partial charge in [0.15, 0.2) is 11.3 Å². The van der Waals surface area contributed by atoms with Crippen LogP contribution in [0.3, 0.4) is 0 Å². The molecule has 3 heterocycles. The van der Waals surface area contributed by atoms with E-state index in [4.69, 9.17) is 0 Å². The summed E-state index contributed by atoms with van der Waals surface area (Å²) in [5.41, 5.74) is 1.53. The smallest absolute Gasteiger partial charge is 0.274 e. The Kier molecular flexibility index (Phi) is 5.42. The summed E-state index contributed by atoms with van der Waals surface area (Å²) in [6.07, 6.45) is 0.778. The lowest BCUT2D eigenvalue weighted by Gasteiger charge is -2.18. The zero-order chi connectivity index (χ0) is 20.5. The Bertz CT molecular complexity index is 1060. The number of halogens is 1. The maximum Gasteiger partial charge on any atom is 0.274 e. The standard InChI is InChI=1S/C20H22FN5O2S/c1-11(14-4-3-5-15(21)8-14)22-20-24-16(17-18(25-20)23-12(2)29-17)19(28)26-7-6-13(9-26)10-27/h3-5,8,11,13,27H,6-7,9-10H2,1-2H3,(H,22,24,25)/t11-,13-/m0/s1. The Morgan fingerprint density at radius 3 is 2.97 bits per heavy atom. The summed E-state index contributed by atoms with van der Waals surface area (Å²) < 4.78 is 14.2. The third-order valence-electron chi connectivity index (χ3n) is 5.09. The lowest BCUT2D eigenvalue weighted by atomic mass is 10.1. The number of anilines is 1. The second-order valence-electron chi connectivity index (χ2n) is 7.29. The molecule has 0 unspecified atom stereocenters. The first-order valence-corrected chi connectivity index (χ1v) is 10.3. The fourth-order valence-electron chi connectivity index (χ4n) is 3.51. The van der Waals surface area contributed by atoms with E-state index in [0.717, 1.165) is 17.0 Å². The molecule has 0 radical (unpaired) electrons. The highest BCUT2D eigenvalue weighted by molar-refractivity contribution is 7.18. The van der Waals surface area contributed by atoms with Crippen LogP contribution >= 0.6 is 11.3 Å². The second kappa shape index (κ2) is 8.00. The number of hydrogen-bond acceptors (Lipinski definition) is 7. The SMILES string of the molecule is Cc1nc2nc(N[C@@H](C)c3cccc(F)c3)nc(C(=O)N3CC[C@H](CO)C3)c2s1. The third kappa shape index (κ3) is 4.06. The van der Waals surface area contributed by atoms with Crippen LogP contribution in [0.5, 0.6) is 0 Å². The lowest BCUT2D eigenvalue weighted by molar-refractivity contribution is 0.0778. The van der Waals surface area contributed by atoms with Crippen LogP contribution in [0.15, 0.2) is 24.3 Å². The van der Waals surface area contributed by atoms with E-state index in [0.29, 0.717) is 29.1 Å². The fraction of sp³-hybridized carbons (Fsp3) is 0.400. The highest BCUT2D eigenvalue weighted by Crippen LogP contribution is 2.28. The Balaban J connectivity index is 1.66. The Labute approximate surface area is 171 Å². The van der Waals surface area contributed by atoms with Crippen molar-refractivity contribution in [3.05, 3.63) is 46.3 Å². The summed E-state index contributed by atoms with van der Waals surface area (Å²) in [4.78, 5) is 28.2. The first kappa shape index (κ1) is 19.7. The highest BCUT2D eigenvalue weighted by atomic mass is 32.1. The number of carbonyl (C=O) groups excluding carboxylic acids is 1. The van der Waals surface area contributed by atoms with Crippen LogP contribution in [0.2, 0.25) is 0 Å². The third-order valence-corrected chi connectivity index (χ3v) is 6.06. The molecule has 1 saturated heterocycles. The molecule has 2 atom stereocenters. The number of rotatable bonds is 5. The lowest BCUT2D eigenvalue weighted by Crippen LogP contribution is -2.30. The summed E-state index contributed by atoms with van der Waals surface area (Å²) >= 11 is 1.39. The number of aliphatic hydroxyl groups excluding tert-OH is 1. The van der Waals surface area contributed by atoms with Crippen molar-refractivity contribution in [2.24, 2.45) is 5.92 Å². The maximum absolute atomic E-state index is 13.5. The zero-order valence-electron chi connectivity index (χ0n) is 16.2. The number of fused-ring (bicyclic) bond motifs is 1. The van der Waals surface area contributed by atoms with Gasteiger partial charge in [0.2, 0.25) is 5.95 Å². The number of hydrogen-bond donors (Lipinski definition) is 2. The van der Waals surface area contributed by atoms with Gasteiger partial charge in [-0.3, -0.25) is 4.79 Å². The van der Waals surface area contributed by atoms with Gasteiger partial charge < -0.3 is 15.3 Å². The molecule has 0 bridgehead atoms. The van der Waals surface area contributed by atoms with E-state index < -0.39 is 0 Å². The van der Waals surface area contributed by atoms with E-state index in [-0.39, 0.29) is 36.2 Å². The van der Waals surface area contributed by atoms with Crippen LogP contribution < -0.4 is 5.32 Å². The first-order chi connectivity index (χ1) is 13.9. The summed E-state index contributed by atoms with van der Waals surface area (Å²) in [5.74, 6) is -0.115.